The summed E-state index contributed by atoms with van der Waals surface area (Å²) in [6, 6.07) is 16.0. The minimum Gasteiger partial charge on any atom is -0.294 e. The van der Waals surface area contributed by atoms with Crippen LogP contribution in [0.5, 0.6) is 0 Å². The first kappa shape index (κ1) is 18.3. The lowest BCUT2D eigenvalue weighted by Crippen LogP contribution is -2.15. The lowest BCUT2D eigenvalue weighted by molar-refractivity contribution is -0.384. The molecule has 4 nitrogen and oxygen atoms in total. The van der Waals surface area contributed by atoms with Gasteiger partial charge in [-0.2, -0.15) is 0 Å². The van der Waals surface area contributed by atoms with Crippen molar-refractivity contribution in [2.24, 2.45) is 11.8 Å². The van der Waals surface area contributed by atoms with E-state index in [1.165, 1.54) is 12.1 Å². The number of carbonyl (C=O) groups excluding carboxylic acids is 1. The number of allylic oxidation sites excluding steroid dienone is 1. The van der Waals surface area contributed by atoms with Gasteiger partial charge in [0.05, 0.1) is 13.0 Å². The maximum absolute atomic E-state index is 13.0. The quantitative estimate of drug-likeness (QED) is 0.304. The van der Waals surface area contributed by atoms with Crippen molar-refractivity contribution in [3.8, 4) is 0 Å². The molecule has 5 heteroatoms. The SMILES string of the molecule is C[Si](C)(C)/C=C/[C@@H]1[C@H](C(=O)c2ccccc2)[C@H]1c1ccc([N+](=O)[O-])cc1. The van der Waals surface area contributed by atoms with Crippen LogP contribution in [0.15, 0.2) is 66.4 Å². The van der Waals surface area contributed by atoms with Gasteiger partial charge in [-0.3, -0.25) is 14.9 Å². The van der Waals surface area contributed by atoms with E-state index in [0.717, 1.165) is 11.1 Å². The summed E-state index contributed by atoms with van der Waals surface area (Å²) in [6.45, 7) is 6.79. The molecule has 0 spiro atoms. The van der Waals surface area contributed by atoms with Gasteiger partial charge in [0.15, 0.2) is 5.78 Å². The molecule has 0 unspecified atom stereocenters. The fraction of sp³-hybridized carbons (Fsp3) is 0.286. The van der Waals surface area contributed by atoms with Crippen LogP contribution in [0, 0.1) is 22.0 Å². The molecule has 0 N–H and O–H groups in total. The molecule has 2 aromatic rings. The molecule has 0 amide bonds. The first-order chi connectivity index (χ1) is 12.3. The molecule has 1 saturated carbocycles. The third-order valence-corrected chi connectivity index (χ3v) is 5.94. The average molecular weight is 366 g/mol. The van der Waals surface area contributed by atoms with Gasteiger partial charge >= 0.3 is 0 Å². The molecule has 1 fully saturated rings. The number of carbonyl (C=O) groups is 1. The van der Waals surface area contributed by atoms with Crippen molar-refractivity contribution in [3.05, 3.63) is 87.6 Å². The third kappa shape index (κ3) is 3.99. The van der Waals surface area contributed by atoms with Crippen LogP contribution in [0.2, 0.25) is 19.6 Å². The van der Waals surface area contributed by atoms with E-state index in [4.69, 9.17) is 0 Å². The van der Waals surface area contributed by atoms with E-state index in [9.17, 15) is 14.9 Å². The predicted molar refractivity (Wildman–Crippen MR) is 106 cm³/mol. The molecule has 0 aromatic heterocycles. The Bertz CT molecular complexity index is 838. The van der Waals surface area contributed by atoms with E-state index in [2.05, 4.69) is 31.4 Å². The molecule has 2 aromatic carbocycles. The molecule has 0 aliphatic heterocycles. The minimum atomic E-state index is -1.36. The number of ketones is 1. The van der Waals surface area contributed by atoms with E-state index in [1.807, 2.05) is 30.3 Å². The van der Waals surface area contributed by atoms with Crippen molar-refractivity contribution in [3.63, 3.8) is 0 Å². The van der Waals surface area contributed by atoms with Crippen LogP contribution in [-0.2, 0) is 0 Å². The molecule has 1 aliphatic rings. The van der Waals surface area contributed by atoms with Gasteiger partial charge in [-0.1, -0.05) is 73.9 Å². The molecule has 3 rings (SSSR count). The van der Waals surface area contributed by atoms with Crippen LogP contribution in [-0.4, -0.2) is 18.8 Å². The lowest BCUT2D eigenvalue weighted by atomic mass is 10.0. The average Bonchev–Trinajstić information content (AvgIpc) is 3.34. The van der Waals surface area contributed by atoms with Gasteiger partial charge < -0.3 is 0 Å². The molecule has 0 bridgehead atoms. The van der Waals surface area contributed by atoms with Gasteiger partial charge in [0.2, 0.25) is 0 Å². The highest BCUT2D eigenvalue weighted by Crippen LogP contribution is 2.56. The first-order valence-corrected chi connectivity index (χ1v) is 12.4. The van der Waals surface area contributed by atoms with Gasteiger partial charge in [-0.15, -0.1) is 0 Å². The Kier molecular flexibility index (Phi) is 4.91. The topological polar surface area (TPSA) is 60.2 Å². The van der Waals surface area contributed by atoms with Crippen LogP contribution in [0.1, 0.15) is 21.8 Å². The van der Waals surface area contributed by atoms with Crippen molar-refractivity contribution in [2.75, 3.05) is 0 Å². The highest BCUT2D eigenvalue weighted by Gasteiger charge is 2.53. The zero-order valence-electron chi connectivity index (χ0n) is 15.3. The normalized spacial score (nSPS) is 22.3. The van der Waals surface area contributed by atoms with Gasteiger partial charge in [-0.05, 0) is 11.5 Å². The van der Waals surface area contributed by atoms with Crippen molar-refractivity contribution in [2.45, 2.75) is 25.6 Å². The number of non-ortho nitro benzene ring substituents is 1. The summed E-state index contributed by atoms with van der Waals surface area (Å²) in [5, 5.41) is 10.9. The van der Waals surface area contributed by atoms with E-state index in [1.54, 1.807) is 12.1 Å². The van der Waals surface area contributed by atoms with Crippen LogP contribution in [0.3, 0.4) is 0 Å². The molecule has 1 aliphatic carbocycles. The third-order valence-electron chi connectivity index (χ3n) is 4.74. The highest BCUT2D eigenvalue weighted by atomic mass is 28.3. The Hall–Kier alpha value is -2.53. The van der Waals surface area contributed by atoms with Gasteiger partial charge in [0.25, 0.3) is 5.69 Å². The molecule has 0 radical (unpaired) electrons. The van der Waals surface area contributed by atoms with Crippen molar-refractivity contribution in [1.82, 2.24) is 0 Å². The minimum absolute atomic E-state index is 0.0783. The van der Waals surface area contributed by atoms with Crippen molar-refractivity contribution < 1.29 is 9.72 Å². The van der Waals surface area contributed by atoms with Gasteiger partial charge in [-0.25, -0.2) is 0 Å². The fourth-order valence-corrected chi connectivity index (χ4v) is 4.15. The van der Waals surface area contributed by atoms with Crippen LogP contribution in [0.25, 0.3) is 0 Å². The Morgan fingerprint density at radius 1 is 1.04 bits per heavy atom. The number of nitro groups is 1. The Labute approximate surface area is 154 Å². The van der Waals surface area contributed by atoms with Crippen molar-refractivity contribution in [1.29, 1.82) is 0 Å². The Morgan fingerprint density at radius 2 is 1.65 bits per heavy atom. The Morgan fingerprint density at radius 3 is 2.19 bits per heavy atom. The fourth-order valence-electron chi connectivity index (χ4n) is 3.35. The largest absolute Gasteiger partial charge is 0.294 e. The summed E-state index contributed by atoms with van der Waals surface area (Å²) < 4.78 is 0. The summed E-state index contributed by atoms with van der Waals surface area (Å²) >= 11 is 0. The van der Waals surface area contributed by atoms with Gasteiger partial charge in [0.1, 0.15) is 0 Å². The summed E-state index contributed by atoms with van der Waals surface area (Å²) in [7, 11) is -1.36. The molecular weight excluding hydrogens is 342 g/mol. The zero-order chi connectivity index (χ0) is 18.9. The smallest absolute Gasteiger partial charge is 0.269 e. The molecule has 0 saturated heterocycles. The number of rotatable bonds is 6. The highest BCUT2D eigenvalue weighted by molar-refractivity contribution is 6.80. The second-order valence-corrected chi connectivity index (χ2v) is 13.0. The van der Waals surface area contributed by atoms with Gasteiger partial charge in [0, 0.05) is 29.5 Å². The summed E-state index contributed by atoms with van der Waals surface area (Å²) in [5.74, 6) is 0.317. The second-order valence-electron chi connectivity index (χ2n) is 7.93. The molecular formula is C21H23NO3Si. The van der Waals surface area contributed by atoms with E-state index in [-0.39, 0.29) is 29.2 Å². The van der Waals surface area contributed by atoms with Crippen LogP contribution >= 0.6 is 0 Å². The number of Topliss-reactive ketones (excluding diaryl/α,β-unsaturated/α-hetero) is 1. The van der Waals surface area contributed by atoms with E-state index < -0.39 is 13.0 Å². The summed E-state index contributed by atoms with van der Waals surface area (Å²) in [4.78, 5) is 23.5. The molecule has 3 atom stereocenters. The molecule has 0 heterocycles. The van der Waals surface area contributed by atoms with Crippen LogP contribution < -0.4 is 0 Å². The first-order valence-electron chi connectivity index (χ1n) is 8.81. The van der Waals surface area contributed by atoms with Crippen molar-refractivity contribution >= 4 is 19.5 Å². The monoisotopic (exact) mass is 365 g/mol. The van der Waals surface area contributed by atoms with Crippen LogP contribution in [0.4, 0.5) is 5.69 Å². The predicted octanol–water partition coefficient (Wildman–Crippen LogP) is 5.24. The standard InChI is InChI=1S/C21H23NO3Si/c1-26(2,3)14-13-18-19(15-9-11-17(12-10-15)22(24)25)20(18)21(23)16-7-5-4-6-8-16/h4-14,18-20H,1-3H3/b14-13+/t18-,19-,20-/m0/s1. The number of hydrogen-bond acceptors (Lipinski definition) is 3. The number of hydrogen-bond donors (Lipinski definition) is 0. The second kappa shape index (κ2) is 7.00. The maximum Gasteiger partial charge on any atom is 0.269 e. The van der Waals surface area contributed by atoms with E-state index in [0.29, 0.717) is 0 Å². The maximum atomic E-state index is 13.0. The molecule has 134 valence electrons. The Balaban J connectivity index is 1.88. The lowest BCUT2D eigenvalue weighted by Gasteiger charge is -2.07. The summed E-state index contributed by atoms with van der Waals surface area (Å²) in [6.07, 6.45) is 2.20. The van der Waals surface area contributed by atoms with E-state index >= 15 is 0 Å². The molecule has 26 heavy (non-hydrogen) atoms. The number of nitrogens with zero attached hydrogens (tertiary/aromatic N) is 1. The zero-order valence-corrected chi connectivity index (χ0v) is 16.3. The number of nitro benzene ring substituents is 1. The summed E-state index contributed by atoms with van der Waals surface area (Å²) in [5.41, 5.74) is 4.09. The number of benzene rings is 2.